The minimum absolute atomic E-state index is 0.0831. The lowest BCUT2D eigenvalue weighted by Gasteiger charge is -2.35. The van der Waals surface area contributed by atoms with Gasteiger partial charge >= 0.3 is 0 Å². The number of rotatable bonds is 2. The van der Waals surface area contributed by atoms with E-state index in [-0.39, 0.29) is 11.8 Å². The van der Waals surface area contributed by atoms with E-state index < -0.39 is 11.9 Å². The number of nitrogens with two attached hydrogens (primary N) is 1. The predicted octanol–water partition coefficient (Wildman–Crippen LogP) is -0.552. The molecule has 20 heavy (non-hydrogen) atoms. The van der Waals surface area contributed by atoms with Crippen molar-refractivity contribution in [3.05, 3.63) is 29.8 Å². The molecule has 3 N–H and O–H groups in total. The molecule has 2 atom stereocenters. The molecule has 0 aromatic heterocycles. The fourth-order valence-corrected chi connectivity index (χ4v) is 2.79. The lowest BCUT2D eigenvalue weighted by atomic mass is 9.98. The zero-order valence-corrected chi connectivity index (χ0v) is 11.0. The molecular formula is C14H17N3O3. The number of para-hydroxylation sites is 1. The number of nitrogens with zero attached hydrogens (tertiary/aromatic N) is 1. The van der Waals surface area contributed by atoms with Gasteiger partial charge < -0.3 is 20.7 Å². The summed E-state index contributed by atoms with van der Waals surface area (Å²) in [5.74, 6) is -0.152. The van der Waals surface area contributed by atoms with Crippen LogP contribution in [-0.2, 0) is 9.59 Å². The topological polar surface area (TPSA) is 84.7 Å². The molecule has 6 nitrogen and oxygen atoms in total. The van der Waals surface area contributed by atoms with Gasteiger partial charge in [-0.25, -0.2) is 0 Å². The standard InChI is InChI=1S/C14H17N3O3/c15-13(18)11-7-16-5-6-17(11)14(19)10-8-20-12-4-2-1-3-9(10)12/h1-4,10-11,16H,5-8H2,(H2,15,18). The molecule has 0 bridgehead atoms. The Labute approximate surface area is 116 Å². The lowest BCUT2D eigenvalue weighted by molar-refractivity contribution is -0.141. The van der Waals surface area contributed by atoms with Gasteiger partial charge in [-0.3, -0.25) is 9.59 Å². The third kappa shape index (κ3) is 2.12. The van der Waals surface area contributed by atoms with Gasteiger partial charge in [0.05, 0.1) is 0 Å². The summed E-state index contributed by atoms with van der Waals surface area (Å²) in [4.78, 5) is 25.8. The second-order valence-electron chi connectivity index (χ2n) is 5.06. The SMILES string of the molecule is NC(=O)C1CNCCN1C(=O)C1COc2ccccc21. The highest BCUT2D eigenvalue weighted by molar-refractivity contribution is 5.91. The number of fused-ring (bicyclic) bond motifs is 1. The largest absolute Gasteiger partial charge is 0.492 e. The number of amides is 2. The van der Waals surface area contributed by atoms with Gasteiger partial charge in [0, 0.05) is 25.2 Å². The van der Waals surface area contributed by atoms with Crippen LogP contribution in [0.5, 0.6) is 5.75 Å². The first-order valence-electron chi connectivity index (χ1n) is 6.70. The zero-order chi connectivity index (χ0) is 14.1. The maximum absolute atomic E-state index is 12.7. The van der Waals surface area contributed by atoms with Crippen LogP contribution >= 0.6 is 0 Å². The first-order chi connectivity index (χ1) is 9.68. The highest BCUT2D eigenvalue weighted by Crippen LogP contribution is 2.35. The monoisotopic (exact) mass is 275 g/mol. The van der Waals surface area contributed by atoms with Gasteiger partial charge in [0.2, 0.25) is 11.8 Å². The molecule has 2 amide bonds. The van der Waals surface area contributed by atoms with Gasteiger partial charge in [-0.2, -0.15) is 0 Å². The van der Waals surface area contributed by atoms with Crippen molar-refractivity contribution in [3.63, 3.8) is 0 Å². The average Bonchev–Trinajstić information content (AvgIpc) is 2.90. The zero-order valence-electron chi connectivity index (χ0n) is 11.0. The molecule has 3 rings (SSSR count). The van der Waals surface area contributed by atoms with E-state index in [4.69, 9.17) is 10.5 Å². The van der Waals surface area contributed by atoms with Gasteiger partial charge in [0.1, 0.15) is 24.3 Å². The molecule has 1 saturated heterocycles. The maximum Gasteiger partial charge on any atom is 0.241 e. The number of hydrogen-bond acceptors (Lipinski definition) is 4. The molecule has 2 unspecified atom stereocenters. The summed E-state index contributed by atoms with van der Waals surface area (Å²) in [6, 6.07) is 6.93. The molecule has 0 aliphatic carbocycles. The smallest absolute Gasteiger partial charge is 0.241 e. The van der Waals surface area contributed by atoms with E-state index in [0.29, 0.717) is 26.2 Å². The van der Waals surface area contributed by atoms with E-state index in [0.717, 1.165) is 11.3 Å². The number of piperazine rings is 1. The third-order valence-electron chi connectivity index (χ3n) is 3.85. The van der Waals surface area contributed by atoms with Crippen molar-refractivity contribution in [2.24, 2.45) is 5.73 Å². The van der Waals surface area contributed by atoms with Crippen molar-refractivity contribution in [2.75, 3.05) is 26.2 Å². The summed E-state index contributed by atoms with van der Waals surface area (Å²) < 4.78 is 5.54. The molecule has 1 aromatic carbocycles. The summed E-state index contributed by atoms with van der Waals surface area (Å²) in [6.45, 7) is 1.90. The van der Waals surface area contributed by atoms with E-state index in [1.54, 1.807) is 4.90 Å². The number of hydrogen-bond donors (Lipinski definition) is 2. The molecule has 2 heterocycles. The van der Waals surface area contributed by atoms with Crippen LogP contribution in [0.25, 0.3) is 0 Å². The number of nitrogens with one attached hydrogen (secondary N) is 1. The van der Waals surface area contributed by atoms with Crippen molar-refractivity contribution in [1.82, 2.24) is 10.2 Å². The van der Waals surface area contributed by atoms with Crippen molar-refractivity contribution < 1.29 is 14.3 Å². The van der Waals surface area contributed by atoms with Crippen LogP contribution in [-0.4, -0.2) is 49.0 Å². The number of primary amides is 1. The number of carbonyl (C=O) groups is 2. The van der Waals surface area contributed by atoms with Crippen molar-refractivity contribution >= 4 is 11.8 Å². The maximum atomic E-state index is 12.7. The Balaban J connectivity index is 1.84. The fraction of sp³-hybridized carbons (Fsp3) is 0.429. The molecule has 2 aliphatic rings. The fourth-order valence-electron chi connectivity index (χ4n) is 2.79. The molecule has 6 heteroatoms. The summed E-state index contributed by atoms with van der Waals surface area (Å²) in [6.07, 6.45) is 0. The van der Waals surface area contributed by atoms with Gasteiger partial charge in [0.25, 0.3) is 0 Å². The van der Waals surface area contributed by atoms with Gasteiger partial charge in [-0.1, -0.05) is 18.2 Å². The molecule has 0 radical (unpaired) electrons. The highest BCUT2D eigenvalue weighted by atomic mass is 16.5. The Morgan fingerprint density at radius 3 is 2.95 bits per heavy atom. The van der Waals surface area contributed by atoms with E-state index in [1.165, 1.54) is 0 Å². The molecule has 106 valence electrons. The lowest BCUT2D eigenvalue weighted by Crippen LogP contribution is -2.59. The van der Waals surface area contributed by atoms with Crippen molar-refractivity contribution in [2.45, 2.75) is 12.0 Å². The van der Waals surface area contributed by atoms with Crippen LogP contribution in [0.1, 0.15) is 11.5 Å². The minimum Gasteiger partial charge on any atom is -0.492 e. The van der Waals surface area contributed by atoms with Crippen LogP contribution in [0.2, 0.25) is 0 Å². The Morgan fingerprint density at radius 1 is 1.35 bits per heavy atom. The Morgan fingerprint density at radius 2 is 2.15 bits per heavy atom. The predicted molar refractivity (Wildman–Crippen MR) is 72.2 cm³/mol. The molecule has 0 spiro atoms. The highest BCUT2D eigenvalue weighted by Gasteiger charge is 2.38. The van der Waals surface area contributed by atoms with E-state index in [2.05, 4.69) is 5.32 Å². The quantitative estimate of drug-likeness (QED) is 0.758. The first kappa shape index (κ1) is 12.9. The Bertz CT molecular complexity index is 546. The number of carbonyl (C=O) groups excluding carboxylic acids is 2. The van der Waals surface area contributed by atoms with E-state index in [1.807, 2.05) is 24.3 Å². The van der Waals surface area contributed by atoms with Crippen LogP contribution in [0.3, 0.4) is 0 Å². The second kappa shape index (κ2) is 5.13. The van der Waals surface area contributed by atoms with E-state index >= 15 is 0 Å². The van der Waals surface area contributed by atoms with Crippen LogP contribution in [0, 0.1) is 0 Å². The summed E-state index contributed by atoms with van der Waals surface area (Å²) in [7, 11) is 0. The van der Waals surface area contributed by atoms with Crippen molar-refractivity contribution in [3.8, 4) is 5.75 Å². The summed E-state index contributed by atoms with van der Waals surface area (Å²) >= 11 is 0. The van der Waals surface area contributed by atoms with Crippen molar-refractivity contribution in [1.29, 1.82) is 0 Å². The minimum atomic E-state index is -0.580. The Hall–Kier alpha value is -2.08. The van der Waals surface area contributed by atoms with Gasteiger partial charge in [-0.15, -0.1) is 0 Å². The number of benzene rings is 1. The first-order valence-corrected chi connectivity index (χ1v) is 6.70. The van der Waals surface area contributed by atoms with Crippen LogP contribution < -0.4 is 15.8 Å². The number of ether oxygens (including phenoxy) is 1. The van der Waals surface area contributed by atoms with Crippen LogP contribution in [0.4, 0.5) is 0 Å². The molecule has 2 aliphatic heterocycles. The average molecular weight is 275 g/mol. The van der Waals surface area contributed by atoms with Crippen LogP contribution in [0.15, 0.2) is 24.3 Å². The summed E-state index contributed by atoms with van der Waals surface area (Å²) in [5, 5.41) is 3.08. The molecule has 0 saturated carbocycles. The summed E-state index contributed by atoms with van der Waals surface area (Å²) in [5.41, 5.74) is 6.27. The van der Waals surface area contributed by atoms with E-state index in [9.17, 15) is 9.59 Å². The second-order valence-corrected chi connectivity index (χ2v) is 5.06. The Kier molecular flexibility index (Phi) is 3.31. The van der Waals surface area contributed by atoms with Gasteiger partial charge in [0.15, 0.2) is 0 Å². The van der Waals surface area contributed by atoms with Gasteiger partial charge in [-0.05, 0) is 6.07 Å². The molecular weight excluding hydrogens is 258 g/mol. The molecule has 1 aromatic rings. The third-order valence-corrected chi connectivity index (χ3v) is 3.85. The molecule has 1 fully saturated rings. The normalized spacial score (nSPS) is 24.9.